The van der Waals surface area contributed by atoms with E-state index in [0.29, 0.717) is 24.3 Å². The zero-order valence-electron chi connectivity index (χ0n) is 22.4. The number of amides is 1. The fraction of sp³-hybridized carbons (Fsp3) is 0.174. The van der Waals surface area contributed by atoms with Crippen molar-refractivity contribution < 1.29 is 72.5 Å². The Balaban J connectivity index is 2.14. The highest BCUT2D eigenvalue weighted by molar-refractivity contribution is 6.07. The lowest BCUT2D eigenvalue weighted by Crippen LogP contribution is -2.21. The number of carbonyl (C=O) groups is 2. The number of hydrogen-bond acceptors (Lipinski definition) is 8. The molecule has 1 amide bonds. The summed E-state index contributed by atoms with van der Waals surface area (Å²) < 4.78 is 149. The molecule has 3 rings (SSSR count). The van der Waals surface area contributed by atoms with Crippen molar-refractivity contribution >= 4 is 17.6 Å². The summed E-state index contributed by atoms with van der Waals surface area (Å²) in [6.07, 6.45) is -9.88. The van der Waals surface area contributed by atoms with E-state index < -0.39 is 77.6 Å². The largest absolute Gasteiger partial charge is 0.573 e. The van der Waals surface area contributed by atoms with E-state index in [4.69, 9.17) is 8.85 Å². The molecule has 40 heavy (non-hydrogen) atoms. The molecule has 0 aliphatic rings. The van der Waals surface area contributed by atoms with Crippen molar-refractivity contribution in [1.29, 1.82) is 0 Å². The highest BCUT2D eigenvalue weighted by Crippen LogP contribution is 2.42. The number of nitrogens with one attached hydrogen (secondary N) is 1. The first-order chi connectivity index (χ1) is 19.8. The average molecular weight is 585 g/mol. The normalized spacial score (nSPS) is 12.9. The first kappa shape index (κ1) is 25.4. The molecule has 1 aromatic heterocycles. The third kappa shape index (κ3) is 7.17. The summed E-state index contributed by atoms with van der Waals surface area (Å²) in [5.41, 5.74) is -1.97. The van der Waals surface area contributed by atoms with Crippen LogP contribution in [0.5, 0.6) is 28.7 Å². The van der Waals surface area contributed by atoms with Crippen molar-refractivity contribution in [2.45, 2.75) is 12.7 Å². The van der Waals surface area contributed by atoms with Gasteiger partial charge in [-0.2, -0.15) is 4.39 Å². The molecule has 0 atom stereocenters. The molecule has 0 fully saturated rings. The first-order valence-electron chi connectivity index (χ1n) is 11.7. The number of esters is 1. The lowest BCUT2D eigenvalue weighted by atomic mass is 10.1. The molecule has 0 spiro atoms. The molecular formula is C23H14F8N2O7. The monoisotopic (exact) mass is 585 g/mol. The first-order valence-corrected chi connectivity index (χ1v) is 10.2. The third-order valence-electron chi connectivity index (χ3n) is 4.51. The highest BCUT2D eigenvalue weighted by atomic mass is 19.4. The number of methoxy groups -OCH3 is 2. The van der Waals surface area contributed by atoms with Gasteiger partial charge in [-0.1, -0.05) is 0 Å². The van der Waals surface area contributed by atoms with Crippen molar-refractivity contribution in [3.05, 3.63) is 65.5 Å². The SMILES string of the molecule is [2H]C([2H])([2H])Oc1c(Oc2ccc(OC(F)(F)F)c(F)c2C(=O)Nc2ccnc(C(=O)OC)c2)ccc(OC(F)(F)F)c1F. The van der Waals surface area contributed by atoms with E-state index in [0.717, 1.165) is 25.4 Å². The summed E-state index contributed by atoms with van der Waals surface area (Å²) in [5.74, 6) is -13.3. The number of ether oxygens (including phenoxy) is 5. The van der Waals surface area contributed by atoms with Crippen LogP contribution in [-0.4, -0.2) is 43.7 Å². The maximum Gasteiger partial charge on any atom is 0.573 e. The Kier molecular flexibility index (Phi) is 7.32. The number of rotatable bonds is 8. The molecule has 0 bridgehead atoms. The van der Waals surface area contributed by atoms with Crippen LogP contribution >= 0.6 is 0 Å². The third-order valence-corrected chi connectivity index (χ3v) is 4.51. The summed E-state index contributed by atoms with van der Waals surface area (Å²) >= 11 is 0. The Bertz CT molecular complexity index is 1530. The molecule has 214 valence electrons. The van der Waals surface area contributed by atoms with Crippen LogP contribution in [0, 0.1) is 11.6 Å². The van der Waals surface area contributed by atoms with Gasteiger partial charge in [0.25, 0.3) is 5.91 Å². The number of anilines is 1. The van der Waals surface area contributed by atoms with E-state index in [9.17, 15) is 40.3 Å². The van der Waals surface area contributed by atoms with E-state index in [1.807, 2.05) is 5.32 Å². The Morgan fingerprint density at radius 1 is 0.875 bits per heavy atom. The molecular weight excluding hydrogens is 568 g/mol. The minimum atomic E-state index is -5.45. The van der Waals surface area contributed by atoms with Crippen LogP contribution in [0.4, 0.5) is 40.8 Å². The maximum atomic E-state index is 15.3. The molecule has 0 aliphatic carbocycles. The molecule has 3 aromatic rings. The summed E-state index contributed by atoms with van der Waals surface area (Å²) in [6.45, 7) is 0. The lowest BCUT2D eigenvalue weighted by Gasteiger charge is -2.18. The number of benzene rings is 2. The second-order valence-electron chi connectivity index (χ2n) is 7.13. The molecule has 0 aliphatic heterocycles. The summed E-state index contributed by atoms with van der Waals surface area (Å²) in [5, 5.41) is 2.05. The predicted octanol–water partition coefficient (Wildman–Crippen LogP) is 6.00. The van der Waals surface area contributed by atoms with Crippen LogP contribution in [0.1, 0.15) is 25.0 Å². The predicted molar refractivity (Wildman–Crippen MR) is 116 cm³/mol. The number of carbonyl (C=O) groups excluding carboxylic acids is 2. The Hall–Kier alpha value is -4.83. The van der Waals surface area contributed by atoms with Gasteiger partial charge in [-0.25, -0.2) is 14.2 Å². The van der Waals surface area contributed by atoms with Gasteiger partial charge in [0.1, 0.15) is 17.0 Å². The molecule has 2 aromatic carbocycles. The van der Waals surface area contributed by atoms with Crippen molar-refractivity contribution in [3.63, 3.8) is 0 Å². The van der Waals surface area contributed by atoms with Gasteiger partial charge in [0.2, 0.25) is 11.6 Å². The Morgan fingerprint density at radius 2 is 1.45 bits per heavy atom. The molecule has 1 N–H and O–H groups in total. The number of halogens is 8. The second-order valence-corrected chi connectivity index (χ2v) is 7.13. The number of nitrogens with zero attached hydrogens (tertiary/aromatic N) is 1. The van der Waals surface area contributed by atoms with Gasteiger partial charge in [0, 0.05) is 11.9 Å². The second kappa shape index (κ2) is 11.5. The fourth-order valence-corrected chi connectivity index (χ4v) is 2.98. The standard InChI is InChI=1S/C23H14F8N2O7/c1-36-19-15(6-5-14(18(19)25)40-23(29,30)31)38-12-3-4-13(39-22(26,27)28)17(24)16(12)20(34)33-10-7-8-32-11(9-10)21(35)37-2/h3-9H,1-2H3,(H,32,33,34)/i1D3. The van der Waals surface area contributed by atoms with Crippen LogP contribution in [0.3, 0.4) is 0 Å². The van der Waals surface area contributed by atoms with E-state index in [-0.39, 0.29) is 11.4 Å². The van der Waals surface area contributed by atoms with Gasteiger partial charge < -0.3 is 29.0 Å². The summed E-state index contributed by atoms with van der Waals surface area (Å²) in [4.78, 5) is 28.4. The smallest absolute Gasteiger partial charge is 0.490 e. The Morgan fingerprint density at radius 3 is 2.02 bits per heavy atom. The van der Waals surface area contributed by atoms with Crippen LogP contribution < -0.4 is 24.3 Å². The van der Waals surface area contributed by atoms with Gasteiger partial charge in [-0.05, 0) is 36.4 Å². The van der Waals surface area contributed by atoms with Crippen LogP contribution in [-0.2, 0) is 4.74 Å². The quantitative estimate of drug-likeness (QED) is 0.254. The highest BCUT2D eigenvalue weighted by Gasteiger charge is 2.36. The number of pyridine rings is 1. The van der Waals surface area contributed by atoms with Gasteiger partial charge in [-0.3, -0.25) is 4.79 Å². The van der Waals surface area contributed by atoms with Crippen molar-refractivity contribution in [2.75, 3.05) is 19.5 Å². The molecule has 0 unspecified atom stereocenters. The molecule has 9 nitrogen and oxygen atoms in total. The Labute approximate surface area is 222 Å². The van der Waals surface area contributed by atoms with E-state index in [1.54, 1.807) is 0 Å². The van der Waals surface area contributed by atoms with Crippen LogP contribution in [0.25, 0.3) is 0 Å². The van der Waals surface area contributed by atoms with E-state index in [1.165, 1.54) is 0 Å². The molecule has 1 heterocycles. The van der Waals surface area contributed by atoms with E-state index in [2.05, 4.69) is 23.9 Å². The van der Waals surface area contributed by atoms with Gasteiger partial charge in [0.05, 0.1) is 18.3 Å². The molecule has 0 saturated heterocycles. The van der Waals surface area contributed by atoms with Crippen LogP contribution in [0.2, 0.25) is 0 Å². The zero-order chi connectivity index (χ0) is 32.3. The minimum Gasteiger partial charge on any atom is -0.490 e. The molecule has 17 heteroatoms. The number of aromatic nitrogens is 1. The zero-order valence-corrected chi connectivity index (χ0v) is 19.4. The molecule has 0 saturated carbocycles. The van der Waals surface area contributed by atoms with E-state index >= 15 is 4.39 Å². The fourth-order valence-electron chi connectivity index (χ4n) is 2.98. The maximum absolute atomic E-state index is 15.3. The van der Waals surface area contributed by atoms with Crippen LogP contribution in [0.15, 0.2) is 42.6 Å². The molecule has 0 radical (unpaired) electrons. The summed E-state index contributed by atoms with van der Waals surface area (Å²) in [7, 11) is -2.50. The van der Waals surface area contributed by atoms with Crippen molar-refractivity contribution in [3.8, 4) is 28.7 Å². The topological polar surface area (TPSA) is 105 Å². The van der Waals surface area contributed by atoms with Gasteiger partial charge in [0.15, 0.2) is 23.1 Å². The summed E-state index contributed by atoms with van der Waals surface area (Å²) in [6, 6.07) is 3.66. The van der Waals surface area contributed by atoms with Gasteiger partial charge >= 0.3 is 18.7 Å². The number of alkyl halides is 6. The van der Waals surface area contributed by atoms with Crippen molar-refractivity contribution in [2.24, 2.45) is 0 Å². The lowest BCUT2D eigenvalue weighted by molar-refractivity contribution is -0.276. The van der Waals surface area contributed by atoms with Gasteiger partial charge in [-0.15, -0.1) is 26.3 Å². The van der Waals surface area contributed by atoms with Crippen molar-refractivity contribution in [1.82, 2.24) is 4.98 Å². The number of hydrogen-bond donors (Lipinski definition) is 1. The average Bonchev–Trinajstić information content (AvgIpc) is 2.87. The minimum absolute atomic E-state index is 0.265.